The van der Waals surface area contributed by atoms with E-state index in [1.165, 1.54) is 0 Å². The van der Waals surface area contributed by atoms with Gasteiger partial charge in [-0.05, 0) is 13.0 Å². The van der Waals surface area contributed by atoms with E-state index in [0.29, 0.717) is 6.42 Å². The molecular weight excluding hydrogens is 196 g/mol. The third kappa shape index (κ3) is 1.62. The van der Waals surface area contributed by atoms with Crippen LogP contribution in [0.2, 0.25) is 0 Å². The molecule has 2 heterocycles. The number of nitrogens with zero attached hydrogens (tertiary/aromatic N) is 2. The molecule has 2 rings (SSSR count). The number of carbonyl (C=O) groups is 1. The Bertz CT molecular complexity index is 378. The Balaban J connectivity index is 2.48. The van der Waals surface area contributed by atoms with E-state index in [1.54, 1.807) is 22.9 Å². The first-order chi connectivity index (χ1) is 6.68. The lowest BCUT2D eigenvalue weighted by molar-refractivity contribution is -0.117. The number of aromatic nitrogens is 1. The van der Waals surface area contributed by atoms with Gasteiger partial charge >= 0.3 is 0 Å². The highest BCUT2D eigenvalue weighted by molar-refractivity contribution is 7.99. The molecule has 0 saturated heterocycles. The zero-order valence-electron chi connectivity index (χ0n) is 8.28. The topological polar surface area (TPSA) is 33.2 Å². The van der Waals surface area contributed by atoms with Crippen molar-refractivity contribution in [2.24, 2.45) is 0 Å². The van der Waals surface area contributed by atoms with Crippen molar-refractivity contribution >= 4 is 23.4 Å². The normalized spacial score (nSPS) is 16.4. The second-order valence-electron chi connectivity index (χ2n) is 3.34. The lowest BCUT2D eigenvalue weighted by Gasteiger charge is -2.16. The predicted octanol–water partition coefficient (Wildman–Crippen LogP) is 1.85. The highest BCUT2D eigenvalue weighted by Crippen LogP contribution is 2.33. The molecule has 4 heteroatoms. The average Bonchev–Trinajstić information content (AvgIpc) is 2.28. The van der Waals surface area contributed by atoms with Crippen LogP contribution in [0.5, 0.6) is 0 Å². The molecule has 0 atom stereocenters. The molecule has 0 aliphatic carbocycles. The van der Waals surface area contributed by atoms with Gasteiger partial charge in [-0.1, -0.05) is 0 Å². The summed E-state index contributed by atoms with van der Waals surface area (Å²) in [6.45, 7) is 1.97. The molecule has 0 radical (unpaired) electrons. The predicted molar refractivity (Wildman–Crippen MR) is 57.7 cm³/mol. The van der Waals surface area contributed by atoms with Crippen molar-refractivity contribution in [3.05, 3.63) is 18.0 Å². The van der Waals surface area contributed by atoms with Crippen molar-refractivity contribution in [1.82, 2.24) is 4.98 Å². The molecule has 1 aliphatic rings. The fourth-order valence-electron chi connectivity index (χ4n) is 1.45. The van der Waals surface area contributed by atoms with Gasteiger partial charge in [0.15, 0.2) is 0 Å². The second-order valence-corrected chi connectivity index (χ2v) is 4.48. The number of anilines is 1. The summed E-state index contributed by atoms with van der Waals surface area (Å²) < 4.78 is 0. The third-order valence-electron chi connectivity index (χ3n) is 2.29. The number of pyridine rings is 1. The molecule has 1 aromatic heterocycles. The molecule has 0 fully saturated rings. The molecule has 14 heavy (non-hydrogen) atoms. The Morgan fingerprint density at radius 3 is 3.14 bits per heavy atom. The highest BCUT2D eigenvalue weighted by Gasteiger charge is 2.19. The summed E-state index contributed by atoms with van der Waals surface area (Å²) in [4.78, 5) is 18.6. The van der Waals surface area contributed by atoms with Crippen molar-refractivity contribution in [3.63, 3.8) is 0 Å². The van der Waals surface area contributed by atoms with Gasteiger partial charge in [-0.25, -0.2) is 0 Å². The van der Waals surface area contributed by atoms with Crippen molar-refractivity contribution in [3.8, 4) is 0 Å². The molecule has 1 aliphatic heterocycles. The van der Waals surface area contributed by atoms with E-state index in [2.05, 4.69) is 4.98 Å². The van der Waals surface area contributed by atoms with E-state index >= 15 is 0 Å². The van der Waals surface area contributed by atoms with Crippen LogP contribution in [0.25, 0.3) is 0 Å². The molecule has 0 spiro atoms. The van der Waals surface area contributed by atoms with E-state index in [1.807, 2.05) is 20.0 Å². The van der Waals surface area contributed by atoms with Gasteiger partial charge in [-0.15, -0.1) is 11.8 Å². The monoisotopic (exact) mass is 208 g/mol. The van der Waals surface area contributed by atoms with Gasteiger partial charge in [0.05, 0.1) is 11.9 Å². The van der Waals surface area contributed by atoms with Gasteiger partial charge < -0.3 is 4.90 Å². The van der Waals surface area contributed by atoms with Crippen molar-refractivity contribution in [2.45, 2.75) is 18.2 Å². The summed E-state index contributed by atoms with van der Waals surface area (Å²) in [5, 5.41) is 0. The van der Waals surface area contributed by atoms with Crippen LogP contribution in [-0.2, 0) is 4.79 Å². The fourth-order valence-corrected chi connectivity index (χ4v) is 2.53. The zero-order valence-corrected chi connectivity index (χ0v) is 9.10. The zero-order chi connectivity index (χ0) is 10.1. The molecule has 3 nitrogen and oxygen atoms in total. The van der Waals surface area contributed by atoms with Gasteiger partial charge in [0.25, 0.3) is 0 Å². The van der Waals surface area contributed by atoms with Crippen LogP contribution < -0.4 is 4.90 Å². The van der Waals surface area contributed by atoms with E-state index in [-0.39, 0.29) is 5.91 Å². The summed E-state index contributed by atoms with van der Waals surface area (Å²) in [6.07, 6.45) is 2.38. The van der Waals surface area contributed by atoms with Crippen molar-refractivity contribution in [1.29, 1.82) is 0 Å². The third-order valence-corrected chi connectivity index (χ3v) is 3.34. The van der Waals surface area contributed by atoms with Gasteiger partial charge in [-0.2, -0.15) is 0 Å². The number of aryl methyl sites for hydroxylation is 1. The number of hydrogen-bond acceptors (Lipinski definition) is 3. The molecule has 1 amide bonds. The first-order valence-corrected chi connectivity index (χ1v) is 5.53. The van der Waals surface area contributed by atoms with Gasteiger partial charge in [0.2, 0.25) is 5.91 Å². The summed E-state index contributed by atoms with van der Waals surface area (Å²) in [7, 11) is 1.81. The SMILES string of the molecule is Cc1cc2c(cn1)N(C)C(=O)CCS2. The van der Waals surface area contributed by atoms with E-state index in [9.17, 15) is 4.79 Å². The molecular formula is C10H12N2OS. The largest absolute Gasteiger partial charge is 0.313 e. The molecule has 74 valence electrons. The summed E-state index contributed by atoms with van der Waals surface area (Å²) in [5.41, 5.74) is 1.93. The van der Waals surface area contributed by atoms with E-state index in [0.717, 1.165) is 22.0 Å². The average molecular weight is 208 g/mol. The maximum Gasteiger partial charge on any atom is 0.227 e. The summed E-state index contributed by atoms with van der Waals surface area (Å²) in [6, 6.07) is 2.04. The lowest BCUT2D eigenvalue weighted by atomic mass is 10.3. The van der Waals surface area contributed by atoms with Crippen LogP contribution in [0.3, 0.4) is 0 Å². The Morgan fingerprint density at radius 2 is 2.36 bits per heavy atom. The highest BCUT2D eigenvalue weighted by atomic mass is 32.2. The van der Waals surface area contributed by atoms with Crippen LogP contribution in [0.4, 0.5) is 5.69 Å². The van der Waals surface area contributed by atoms with Crippen LogP contribution in [0.15, 0.2) is 17.2 Å². The van der Waals surface area contributed by atoms with Crippen LogP contribution >= 0.6 is 11.8 Å². The standard InChI is InChI=1S/C10H12N2OS/c1-7-5-9-8(6-11-7)12(2)10(13)3-4-14-9/h5-6H,3-4H2,1-2H3. The first-order valence-electron chi connectivity index (χ1n) is 4.54. The first kappa shape index (κ1) is 9.52. The molecule has 1 aromatic rings. The molecule has 0 aromatic carbocycles. The minimum absolute atomic E-state index is 0.168. The van der Waals surface area contributed by atoms with Crippen LogP contribution in [-0.4, -0.2) is 23.7 Å². The number of fused-ring (bicyclic) bond motifs is 1. The number of rotatable bonds is 0. The maximum absolute atomic E-state index is 11.5. The van der Waals surface area contributed by atoms with Gasteiger partial charge in [0.1, 0.15) is 0 Å². The molecule has 0 N–H and O–H groups in total. The van der Waals surface area contributed by atoms with E-state index < -0.39 is 0 Å². The van der Waals surface area contributed by atoms with E-state index in [4.69, 9.17) is 0 Å². The minimum Gasteiger partial charge on any atom is -0.313 e. The van der Waals surface area contributed by atoms with Gasteiger partial charge in [0, 0.05) is 29.8 Å². The summed E-state index contributed by atoms with van der Waals surface area (Å²) in [5.74, 6) is 1.03. The Morgan fingerprint density at radius 1 is 1.57 bits per heavy atom. The molecule has 0 unspecified atom stereocenters. The van der Waals surface area contributed by atoms with Gasteiger partial charge in [-0.3, -0.25) is 9.78 Å². The fraction of sp³-hybridized carbons (Fsp3) is 0.400. The second kappa shape index (κ2) is 3.61. The number of thioether (sulfide) groups is 1. The number of carbonyl (C=O) groups excluding carboxylic acids is 1. The number of amides is 1. The minimum atomic E-state index is 0.168. The quantitative estimate of drug-likeness (QED) is 0.652. The summed E-state index contributed by atoms with van der Waals surface area (Å²) >= 11 is 1.73. The Hall–Kier alpha value is -1.03. The Labute approximate surface area is 87.5 Å². The molecule has 0 bridgehead atoms. The van der Waals surface area contributed by atoms with Crippen molar-refractivity contribution in [2.75, 3.05) is 17.7 Å². The number of hydrogen-bond donors (Lipinski definition) is 0. The smallest absolute Gasteiger partial charge is 0.227 e. The lowest BCUT2D eigenvalue weighted by Crippen LogP contribution is -2.25. The van der Waals surface area contributed by atoms with Crippen molar-refractivity contribution < 1.29 is 4.79 Å². The van der Waals surface area contributed by atoms with Crippen LogP contribution in [0.1, 0.15) is 12.1 Å². The van der Waals surface area contributed by atoms with Crippen LogP contribution in [0, 0.1) is 6.92 Å². The maximum atomic E-state index is 11.5. The Kier molecular flexibility index (Phi) is 2.46. The molecule has 0 saturated carbocycles.